The van der Waals surface area contributed by atoms with Gasteiger partial charge in [0.1, 0.15) is 5.36 Å². The van der Waals surface area contributed by atoms with Gasteiger partial charge in [-0.05, 0) is 6.07 Å². The lowest BCUT2D eigenvalue weighted by atomic mass is 10.2. The van der Waals surface area contributed by atoms with Crippen molar-refractivity contribution in [2.45, 2.75) is 0 Å². The first kappa shape index (κ1) is 10.1. The van der Waals surface area contributed by atoms with Crippen molar-refractivity contribution in [3.63, 3.8) is 0 Å². The summed E-state index contributed by atoms with van der Waals surface area (Å²) in [6.07, 6.45) is 0. The van der Waals surface area contributed by atoms with Gasteiger partial charge < -0.3 is 5.73 Å². The van der Waals surface area contributed by atoms with Crippen LogP contribution in [-0.4, -0.2) is 11.8 Å². The van der Waals surface area contributed by atoms with Gasteiger partial charge in [0.2, 0.25) is 0 Å². The van der Waals surface area contributed by atoms with Crippen molar-refractivity contribution in [1.29, 1.82) is 0 Å². The maximum Gasteiger partial charge on any atom is 0.338 e. The van der Waals surface area contributed by atoms with Gasteiger partial charge in [-0.3, -0.25) is 9.59 Å². The topological polar surface area (TPSA) is 84.9 Å². The molecule has 1 heterocycles. The number of fused-ring (bicyclic) bond motifs is 1. The minimum absolute atomic E-state index is 0.0297. The number of carbonyl (C=O) groups excluding carboxylic acids is 2. The number of nitrogen functional groups attached to an aromatic ring is 1. The Balaban J connectivity index is 2.97. The molecule has 1 aliphatic heterocycles. The van der Waals surface area contributed by atoms with E-state index < -0.39 is 11.8 Å². The molecule has 2 rings (SSSR count). The monoisotopic (exact) mass is 243 g/mol. The minimum atomic E-state index is -0.967. The van der Waals surface area contributed by atoms with Gasteiger partial charge in [0.05, 0.1) is 21.1 Å². The third-order valence-corrected chi connectivity index (χ3v) is 2.52. The van der Waals surface area contributed by atoms with E-state index in [4.69, 9.17) is 28.9 Å². The number of carbonyl (C=O) groups is 2. The van der Waals surface area contributed by atoms with E-state index in [0.717, 1.165) is 0 Å². The van der Waals surface area contributed by atoms with E-state index in [1.54, 1.807) is 0 Å². The number of anilines is 1. The Bertz CT molecular complexity index is 609. The van der Waals surface area contributed by atoms with Gasteiger partial charge in [-0.15, -0.1) is 0 Å². The first-order valence-electron chi connectivity index (χ1n) is 3.80. The molecule has 0 unspecified atom stereocenters. The van der Waals surface area contributed by atoms with Gasteiger partial charge in [-0.2, -0.15) is 0 Å². The fourth-order valence-electron chi connectivity index (χ4n) is 1.11. The van der Waals surface area contributed by atoms with Crippen molar-refractivity contribution in [3.8, 4) is 0 Å². The molecule has 0 fully saturated rings. The molecule has 5 nitrogen and oxygen atoms in total. The lowest BCUT2D eigenvalue weighted by Gasteiger charge is -2.03. The van der Waals surface area contributed by atoms with Crippen LogP contribution in [0.5, 0.6) is 0 Å². The molecule has 0 bridgehead atoms. The predicted molar refractivity (Wildman–Crippen MR) is 53.2 cm³/mol. The first-order chi connectivity index (χ1) is 7.00. The molecular weight excluding hydrogens is 241 g/mol. The van der Waals surface area contributed by atoms with Crippen LogP contribution in [0.25, 0.3) is 0 Å². The Morgan fingerprint density at radius 1 is 1.13 bits per heavy atom. The summed E-state index contributed by atoms with van der Waals surface area (Å²) in [5, 5.41) is 0.439. The van der Waals surface area contributed by atoms with E-state index >= 15 is 0 Å². The fourth-order valence-corrected chi connectivity index (χ4v) is 1.60. The number of nitrogens with two attached hydrogens (primary N) is 1. The fraction of sp³-hybridized carbons (Fsp3) is 0. The highest BCUT2D eigenvalue weighted by Gasteiger charge is 2.18. The van der Waals surface area contributed by atoms with Crippen LogP contribution in [0, 0.1) is 0 Å². The lowest BCUT2D eigenvalue weighted by molar-refractivity contribution is -0.135. The summed E-state index contributed by atoms with van der Waals surface area (Å²) in [6, 6.07) is 1.34. The zero-order valence-electron chi connectivity index (χ0n) is 7.12. The average molecular weight is 244 g/mol. The molecular formula is C8H3Cl2N3O2. The maximum atomic E-state index is 11.0. The zero-order valence-corrected chi connectivity index (χ0v) is 8.63. The van der Waals surface area contributed by atoms with Gasteiger partial charge in [0, 0.05) is 0 Å². The van der Waals surface area contributed by atoms with Gasteiger partial charge in [-0.1, -0.05) is 23.2 Å². The highest BCUT2D eigenvalue weighted by Crippen LogP contribution is 2.21. The van der Waals surface area contributed by atoms with Crippen molar-refractivity contribution in [2.24, 2.45) is 9.98 Å². The highest BCUT2D eigenvalue weighted by atomic mass is 35.5. The number of hydrogen-bond donors (Lipinski definition) is 1. The Morgan fingerprint density at radius 2 is 1.73 bits per heavy atom. The molecule has 1 aromatic rings. The SMILES string of the molecule is Nc1c(Cl)cc2c(c1Cl)=NC(=O)C(=O)N=2. The number of halogens is 2. The van der Waals surface area contributed by atoms with Crippen molar-refractivity contribution in [2.75, 3.05) is 5.73 Å². The average Bonchev–Trinajstić information content (AvgIpc) is 2.19. The summed E-state index contributed by atoms with van der Waals surface area (Å²) in [5.74, 6) is -1.91. The Hall–Kier alpha value is -1.46. The second kappa shape index (κ2) is 3.29. The molecule has 7 heteroatoms. The lowest BCUT2D eigenvalue weighted by Crippen LogP contribution is -2.35. The number of hydrogen-bond acceptors (Lipinski definition) is 3. The number of amides is 2. The summed E-state index contributed by atoms with van der Waals surface area (Å²) < 4.78 is 0. The second-order valence-corrected chi connectivity index (χ2v) is 3.57. The largest absolute Gasteiger partial charge is 0.396 e. The van der Waals surface area contributed by atoms with Crippen LogP contribution in [0.2, 0.25) is 10.0 Å². The van der Waals surface area contributed by atoms with E-state index in [2.05, 4.69) is 9.98 Å². The minimum Gasteiger partial charge on any atom is -0.396 e. The molecule has 0 aromatic heterocycles. The zero-order chi connectivity index (χ0) is 11.2. The van der Waals surface area contributed by atoms with Crippen LogP contribution in [0.1, 0.15) is 0 Å². The smallest absolute Gasteiger partial charge is 0.338 e. The molecule has 0 saturated carbocycles. The Kier molecular flexibility index (Phi) is 2.21. The van der Waals surface area contributed by atoms with Crippen molar-refractivity contribution in [1.82, 2.24) is 0 Å². The van der Waals surface area contributed by atoms with Gasteiger partial charge in [-0.25, -0.2) is 9.98 Å². The molecule has 0 radical (unpaired) electrons. The van der Waals surface area contributed by atoms with Gasteiger partial charge >= 0.3 is 11.8 Å². The van der Waals surface area contributed by atoms with Gasteiger partial charge in [0.25, 0.3) is 0 Å². The van der Waals surface area contributed by atoms with E-state index in [0.29, 0.717) is 0 Å². The molecule has 2 amide bonds. The van der Waals surface area contributed by atoms with Crippen LogP contribution < -0.4 is 16.4 Å². The molecule has 0 atom stereocenters. The summed E-state index contributed by atoms with van der Waals surface area (Å²) in [7, 11) is 0. The van der Waals surface area contributed by atoms with E-state index in [1.165, 1.54) is 6.07 Å². The molecule has 1 aromatic carbocycles. The first-order valence-corrected chi connectivity index (χ1v) is 4.55. The van der Waals surface area contributed by atoms with E-state index in [9.17, 15) is 9.59 Å². The summed E-state index contributed by atoms with van der Waals surface area (Å²) in [6.45, 7) is 0. The molecule has 15 heavy (non-hydrogen) atoms. The summed E-state index contributed by atoms with van der Waals surface area (Å²) in [5.41, 5.74) is 5.63. The van der Waals surface area contributed by atoms with Crippen molar-refractivity contribution < 1.29 is 9.59 Å². The molecule has 2 N–H and O–H groups in total. The highest BCUT2D eigenvalue weighted by molar-refractivity contribution is 6.39. The van der Waals surface area contributed by atoms with E-state index in [-0.39, 0.29) is 26.4 Å². The number of rotatable bonds is 0. The van der Waals surface area contributed by atoms with Crippen molar-refractivity contribution in [3.05, 3.63) is 26.8 Å². The third kappa shape index (κ3) is 1.49. The van der Waals surface area contributed by atoms with Crippen molar-refractivity contribution >= 4 is 40.7 Å². The van der Waals surface area contributed by atoms with Crippen LogP contribution >= 0.6 is 23.2 Å². The van der Waals surface area contributed by atoms with Gasteiger partial charge in [0.15, 0.2) is 0 Å². The second-order valence-electron chi connectivity index (χ2n) is 2.79. The molecule has 0 saturated heterocycles. The quantitative estimate of drug-likeness (QED) is 0.510. The van der Waals surface area contributed by atoms with Crippen LogP contribution in [0.4, 0.5) is 5.69 Å². The van der Waals surface area contributed by atoms with E-state index in [1.807, 2.05) is 0 Å². The summed E-state index contributed by atoms with van der Waals surface area (Å²) >= 11 is 11.5. The number of nitrogens with zero attached hydrogens (tertiary/aromatic N) is 2. The normalized spacial score (nSPS) is 14.3. The molecule has 76 valence electrons. The maximum absolute atomic E-state index is 11.0. The third-order valence-electron chi connectivity index (χ3n) is 1.83. The number of benzene rings is 1. The molecule has 0 aliphatic carbocycles. The Labute approximate surface area is 93.2 Å². The van der Waals surface area contributed by atoms with Crippen LogP contribution in [0.3, 0.4) is 0 Å². The molecule has 0 spiro atoms. The Morgan fingerprint density at radius 3 is 2.40 bits per heavy atom. The predicted octanol–water partition coefficient (Wildman–Crippen LogP) is -0.118. The van der Waals surface area contributed by atoms with Crippen LogP contribution in [0.15, 0.2) is 16.1 Å². The molecule has 1 aliphatic rings. The summed E-state index contributed by atoms with van der Waals surface area (Å²) in [4.78, 5) is 28.9. The van der Waals surface area contributed by atoms with Crippen LogP contribution in [-0.2, 0) is 9.59 Å². The standard InChI is InChI=1S/C8H3Cl2N3O2/c9-2-1-3-6(4(10)5(2)11)13-8(15)7(14)12-3/h1H,11H2.